The molecule has 1 aromatic carbocycles. The Bertz CT molecular complexity index is 1240. The summed E-state index contributed by atoms with van der Waals surface area (Å²) < 4.78 is 2.03. The number of nitrogens with zero attached hydrogens (tertiary/aromatic N) is 4. The second kappa shape index (κ2) is 13.0. The normalized spacial score (nSPS) is 15.7. The van der Waals surface area contributed by atoms with E-state index in [1.54, 1.807) is 0 Å². The highest BCUT2D eigenvalue weighted by Crippen LogP contribution is 2.37. The highest BCUT2D eigenvalue weighted by molar-refractivity contribution is 5.82. The number of aromatic nitrogens is 2. The summed E-state index contributed by atoms with van der Waals surface area (Å²) >= 11 is 0. The summed E-state index contributed by atoms with van der Waals surface area (Å²) in [5.41, 5.74) is 8.22. The summed E-state index contributed by atoms with van der Waals surface area (Å²) in [5.74, 6) is 0.332. The minimum Gasteiger partial charge on any atom is -0.290 e. The van der Waals surface area contributed by atoms with Crippen molar-refractivity contribution in [2.24, 2.45) is 16.0 Å². The van der Waals surface area contributed by atoms with Gasteiger partial charge < -0.3 is 0 Å². The lowest BCUT2D eigenvalue weighted by molar-refractivity contribution is 0.700. The average Bonchev–Trinajstić information content (AvgIpc) is 3.48. The molecule has 0 fully saturated rings. The van der Waals surface area contributed by atoms with Crippen LogP contribution in [0.1, 0.15) is 74.3 Å². The SMILES string of the molecule is CCCCC1=CC=C(c2ccccc2)[C@@H]1CN=Cc1cccc(/C=N/n2c(C)ccc2CCCC)n1. The number of hydrogen-bond donors (Lipinski definition) is 0. The molecular weight excluding hydrogens is 440 g/mol. The molecule has 1 aliphatic rings. The Morgan fingerprint density at radius 2 is 1.58 bits per heavy atom. The number of pyridine rings is 1. The average molecular weight is 479 g/mol. The van der Waals surface area contributed by atoms with Crippen molar-refractivity contribution in [1.82, 2.24) is 9.66 Å². The maximum Gasteiger partial charge on any atom is 0.0838 e. The Hall–Kier alpha value is -3.53. The van der Waals surface area contributed by atoms with Gasteiger partial charge in [0.25, 0.3) is 0 Å². The van der Waals surface area contributed by atoms with E-state index < -0.39 is 0 Å². The van der Waals surface area contributed by atoms with Crippen LogP contribution in [0.2, 0.25) is 0 Å². The number of aryl methyl sites for hydroxylation is 2. The van der Waals surface area contributed by atoms with Crippen molar-refractivity contribution in [3.8, 4) is 0 Å². The van der Waals surface area contributed by atoms with E-state index in [0.29, 0.717) is 5.92 Å². The number of hydrogen-bond acceptors (Lipinski definition) is 3. The van der Waals surface area contributed by atoms with Crippen LogP contribution in [-0.4, -0.2) is 28.6 Å². The topological polar surface area (TPSA) is 42.5 Å². The molecule has 1 aliphatic carbocycles. The molecule has 0 bridgehead atoms. The number of allylic oxidation sites excluding steroid dienone is 2. The van der Waals surface area contributed by atoms with E-state index in [9.17, 15) is 0 Å². The van der Waals surface area contributed by atoms with Gasteiger partial charge in [-0.25, -0.2) is 9.66 Å². The van der Waals surface area contributed by atoms with Gasteiger partial charge in [0.2, 0.25) is 0 Å². The van der Waals surface area contributed by atoms with Crippen LogP contribution in [0.25, 0.3) is 5.57 Å². The zero-order valence-electron chi connectivity index (χ0n) is 21.9. The van der Waals surface area contributed by atoms with E-state index in [-0.39, 0.29) is 0 Å². The van der Waals surface area contributed by atoms with Crippen molar-refractivity contribution >= 4 is 18.0 Å². The predicted octanol–water partition coefficient (Wildman–Crippen LogP) is 7.67. The summed E-state index contributed by atoms with van der Waals surface area (Å²) in [6.45, 7) is 7.29. The maximum atomic E-state index is 4.85. The molecular formula is C32H38N4. The number of unbranched alkanes of at least 4 members (excludes halogenated alkanes) is 2. The van der Waals surface area contributed by atoms with E-state index in [0.717, 1.165) is 36.5 Å². The fourth-order valence-electron chi connectivity index (χ4n) is 4.69. The van der Waals surface area contributed by atoms with E-state index in [1.807, 2.05) is 35.3 Å². The molecule has 0 unspecified atom stereocenters. The van der Waals surface area contributed by atoms with Crippen LogP contribution in [0.3, 0.4) is 0 Å². The van der Waals surface area contributed by atoms with Crippen LogP contribution in [-0.2, 0) is 6.42 Å². The molecule has 0 amide bonds. The number of aliphatic imine (C=N–C) groups is 1. The van der Waals surface area contributed by atoms with Crippen LogP contribution in [0, 0.1) is 12.8 Å². The van der Waals surface area contributed by atoms with Gasteiger partial charge in [0, 0.05) is 30.1 Å². The molecule has 3 aromatic rings. The molecule has 36 heavy (non-hydrogen) atoms. The fourth-order valence-corrected chi connectivity index (χ4v) is 4.69. The van der Waals surface area contributed by atoms with Crippen molar-refractivity contribution in [1.29, 1.82) is 0 Å². The van der Waals surface area contributed by atoms with E-state index in [4.69, 9.17) is 15.1 Å². The van der Waals surface area contributed by atoms with Gasteiger partial charge in [-0.1, -0.05) is 80.8 Å². The lowest BCUT2D eigenvalue weighted by atomic mass is 9.88. The lowest BCUT2D eigenvalue weighted by Crippen LogP contribution is -2.09. The molecule has 4 heteroatoms. The van der Waals surface area contributed by atoms with Gasteiger partial charge in [-0.15, -0.1) is 0 Å². The van der Waals surface area contributed by atoms with Gasteiger partial charge in [0.05, 0.1) is 17.6 Å². The second-order valence-corrected chi connectivity index (χ2v) is 9.49. The first-order valence-corrected chi connectivity index (χ1v) is 13.3. The minimum absolute atomic E-state index is 0.332. The second-order valence-electron chi connectivity index (χ2n) is 9.49. The highest BCUT2D eigenvalue weighted by Gasteiger charge is 2.23. The molecule has 0 aliphatic heterocycles. The van der Waals surface area contributed by atoms with Crippen molar-refractivity contribution in [2.45, 2.75) is 59.3 Å². The standard InChI is InChI=1S/C32H38N4/c1-4-6-12-27-19-21-31(26-13-9-8-10-14-26)32(27)24-33-22-28-15-11-16-29(35-28)23-34-36-25(3)18-20-30(36)17-7-5-2/h8-11,13-16,18-23,32H,4-7,12,17,24H2,1-3H3/b33-22?,34-23+/t32-/m1/s1. The van der Waals surface area contributed by atoms with Crippen LogP contribution in [0.15, 0.2) is 88.5 Å². The Kier molecular flexibility index (Phi) is 9.21. The smallest absolute Gasteiger partial charge is 0.0838 e. The third-order valence-electron chi connectivity index (χ3n) is 6.74. The molecule has 0 spiro atoms. The van der Waals surface area contributed by atoms with Crippen LogP contribution >= 0.6 is 0 Å². The molecule has 2 aromatic heterocycles. The van der Waals surface area contributed by atoms with E-state index in [2.05, 4.69) is 75.4 Å². The largest absolute Gasteiger partial charge is 0.290 e. The third-order valence-corrected chi connectivity index (χ3v) is 6.74. The van der Waals surface area contributed by atoms with Crippen molar-refractivity contribution in [3.63, 3.8) is 0 Å². The molecule has 4 rings (SSSR count). The van der Waals surface area contributed by atoms with E-state index in [1.165, 1.54) is 48.1 Å². The van der Waals surface area contributed by atoms with Crippen LogP contribution in [0.5, 0.6) is 0 Å². The van der Waals surface area contributed by atoms with Crippen LogP contribution < -0.4 is 0 Å². The maximum absolute atomic E-state index is 4.85. The van der Waals surface area contributed by atoms with Gasteiger partial charge >= 0.3 is 0 Å². The summed E-state index contributed by atoms with van der Waals surface area (Å²) in [5, 5.41) is 4.73. The summed E-state index contributed by atoms with van der Waals surface area (Å²) in [4.78, 5) is 9.61. The molecule has 0 N–H and O–H groups in total. The summed E-state index contributed by atoms with van der Waals surface area (Å²) in [6, 6.07) is 21.0. The zero-order valence-corrected chi connectivity index (χ0v) is 21.9. The Morgan fingerprint density at radius 3 is 2.36 bits per heavy atom. The first-order chi connectivity index (χ1) is 17.7. The van der Waals surface area contributed by atoms with Crippen molar-refractivity contribution in [3.05, 3.63) is 107 Å². The summed E-state index contributed by atoms with van der Waals surface area (Å²) in [6.07, 6.45) is 15.3. The molecule has 2 heterocycles. The number of benzene rings is 1. The zero-order chi connectivity index (χ0) is 25.2. The minimum atomic E-state index is 0.332. The Morgan fingerprint density at radius 1 is 0.833 bits per heavy atom. The van der Waals surface area contributed by atoms with Gasteiger partial charge in [-0.3, -0.25) is 4.99 Å². The highest BCUT2D eigenvalue weighted by atomic mass is 15.3. The molecule has 1 atom stereocenters. The monoisotopic (exact) mass is 478 g/mol. The van der Waals surface area contributed by atoms with Gasteiger partial charge in [0.1, 0.15) is 0 Å². The Labute approximate surface area is 216 Å². The van der Waals surface area contributed by atoms with E-state index >= 15 is 0 Å². The van der Waals surface area contributed by atoms with Crippen molar-refractivity contribution < 1.29 is 0 Å². The summed E-state index contributed by atoms with van der Waals surface area (Å²) in [7, 11) is 0. The first kappa shape index (κ1) is 25.6. The quantitative estimate of drug-likeness (QED) is 0.246. The van der Waals surface area contributed by atoms with Gasteiger partial charge in [-0.2, -0.15) is 5.10 Å². The predicted molar refractivity (Wildman–Crippen MR) is 153 cm³/mol. The molecule has 4 nitrogen and oxygen atoms in total. The Balaban J connectivity index is 1.45. The number of rotatable bonds is 12. The van der Waals surface area contributed by atoms with Crippen LogP contribution in [0.4, 0.5) is 0 Å². The lowest BCUT2D eigenvalue weighted by Gasteiger charge is -2.18. The molecule has 0 radical (unpaired) electrons. The van der Waals surface area contributed by atoms with Gasteiger partial charge in [0.15, 0.2) is 0 Å². The van der Waals surface area contributed by atoms with Crippen molar-refractivity contribution in [2.75, 3.05) is 6.54 Å². The molecule has 0 saturated carbocycles. The fraction of sp³-hybridized carbons (Fsp3) is 0.344. The first-order valence-electron chi connectivity index (χ1n) is 13.3. The third kappa shape index (κ3) is 6.57. The van der Waals surface area contributed by atoms with Gasteiger partial charge in [-0.05, 0) is 68.0 Å². The molecule has 186 valence electrons. The molecule has 0 saturated heterocycles.